The zero-order valence-electron chi connectivity index (χ0n) is 27.7. The molecule has 3 aromatic rings. The fourth-order valence-electron chi connectivity index (χ4n) is 7.41. The molecule has 1 aliphatic carbocycles. The van der Waals surface area contributed by atoms with Gasteiger partial charge in [-0.3, -0.25) is 0 Å². The van der Waals surface area contributed by atoms with Crippen molar-refractivity contribution in [2.75, 3.05) is 0 Å². The summed E-state index contributed by atoms with van der Waals surface area (Å²) in [7, 11) is 0. The summed E-state index contributed by atoms with van der Waals surface area (Å²) >= 11 is 0. The number of aliphatic imine (C=N–C) groups is 2. The highest BCUT2D eigenvalue weighted by Gasteiger charge is 2.25. The van der Waals surface area contributed by atoms with Gasteiger partial charge in [-0.1, -0.05) is 70.2 Å². The Morgan fingerprint density at radius 3 is 2.13 bits per heavy atom. The van der Waals surface area contributed by atoms with E-state index in [0.717, 1.165) is 91.9 Å². The first-order valence-electron chi connectivity index (χ1n) is 16.6. The lowest BCUT2D eigenvalue weighted by Gasteiger charge is -2.06. The van der Waals surface area contributed by atoms with E-state index in [1.165, 1.54) is 33.4 Å². The molecule has 4 nitrogen and oxygen atoms in total. The normalized spacial score (nSPS) is 17.6. The molecular formula is C42H41N3O. The van der Waals surface area contributed by atoms with Crippen LogP contribution in [0.3, 0.4) is 0 Å². The second-order valence-corrected chi connectivity index (χ2v) is 12.4. The molecule has 0 amide bonds. The van der Waals surface area contributed by atoms with Crippen LogP contribution in [0.4, 0.5) is 0 Å². The number of nitrogens with one attached hydrogen (secondary N) is 1. The number of hydrogen-bond donors (Lipinski definition) is 2. The highest BCUT2D eigenvalue weighted by molar-refractivity contribution is 6.24. The van der Waals surface area contributed by atoms with Gasteiger partial charge in [0.05, 0.1) is 22.8 Å². The third-order valence-corrected chi connectivity index (χ3v) is 9.90. The molecule has 8 bridgehead atoms. The molecule has 0 spiro atoms. The van der Waals surface area contributed by atoms with Gasteiger partial charge in [0.25, 0.3) is 0 Å². The van der Waals surface area contributed by atoms with Gasteiger partial charge in [-0.25, -0.2) is 9.98 Å². The van der Waals surface area contributed by atoms with E-state index in [1.807, 2.05) is 36.4 Å². The van der Waals surface area contributed by atoms with E-state index >= 15 is 0 Å². The van der Waals surface area contributed by atoms with Crippen LogP contribution in [0.25, 0.3) is 29.1 Å². The minimum Gasteiger partial charge on any atom is -0.507 e. The Bertz CT molecular complexity index is 2290. The molecule has 7 rings (SSSR count). The van der Waals surface area contributed by atoms with Gasteiger partial charge in [0, 0.05) is 21.5 Å². The maximum Gasteiger partial charge on any atom is 0.130 e. The number of H-pyrrole nitrogens is 1. The van der Waals surface area contributed by atoms with E-state index in [4.69, 9.17) is 9.98 Å². The van der Waals surface area contributed by atoms with Gasteiger partial charge in [0.1, 0.15) is 5.76 Å². The maximum atomic E-state index is 11.3. The molecule has 4 heteroatoms. The van der Waals surface area contributed by atoms with E-state index < -0.39 is 0 Å². The SMILES string of the molecule is CCC1=C(C)C2=NC1=CC1=CC(=c3cc/c(=C(\O)c4ccccc4)cc31)C=c1[nH]c(c(C)c1CC)=CC1=NC(=C2)C(CC)=C1CC. The Kier molecular flexibility index (Phi) is 7.60. The first-order valence-corrected chi connectivity index (χ1v) is 16.6. The van der Waals surface area contributed by atoms with Crippen molar-refractivity contribution in [3.63, 3.8) is 0 Å². The molecule has 0 saturated heterocycles. The number of rotatable bonds is 5. The fraction of sp³-hybridized carbons (Fsp3) is 0.238. The van der Waals surface area contributed by atoms with Crippen LogP contribution in [-0.4, -0.2) is 21.5 Å². The molecule has 230 valence electrons. The summed E-state index contributed by atoms with van der Waals surface area (Å²) in [5.74, 6) is 0.278. The predicted octanol–water partition coefficient (Wildman–Crippen LogP) is 6.94. The lowest BCUT2D eigenvalue weighted by Crippen LogP contribution is -2.17. The monoisotopic (exact) mass is 603 g/mol. The standard InChI is InChI=1S/C42H41N3O/c1-7-30-24(5)36-22-40-32(9-3)33(10-4)41(45-40)23-37-25(6)31(8-2)39(44-37)21-29-18-28(20-38(30)43-36)34-17-16-27(19-35(29)34)42(46)26-14-12-11-13-15-26/h11-23,43,46H,7-10H2,1-6H3/b36-22?,38-20?,39-21?,41-23?,42-27+. The predicted molar refractivity (Wildman–Crippen MR) is 193 cm³/mol. The summed E-state index contributed by atoms with van der Waals surface area (Å²) in [5.41, 5.74) is 15.9. The Morgan fingerprint density at radius 2 is 1.41 bits per heavy atom. The zero-order chi connectivity index (χ0) is 32.1. The van der Waals surface area contributed by atoms with Gasteiger partial charge in [-0.2, -0.15) is 0 Å². The number of hydrogen-bond acceptors (Lipinski definition) is 3. The summed E-state index contributed by atoms with van der Waals surface area (Å²) in [4.78, 5) is 14.3. The summed E-state index contributed by atoms with van der Waals surface area (Å²) in [5, 5.41) is 15.5. The maximum absolute atomic E-state index is 11.3. The molecule has 46 heavy (non-hydrogen) atoms. The molecule has 3 aliphatic heterocycles. The van der Waals surface area contributed by atoms with Gasteiger partial charge in [-0.15, -0.1) is 0 Å². The largest absolute Gasteiger partial charge is 0.507 e. The second kappa shape index (κ2) is 11.8. The van der Waals surface area contributed by atoms with Gasteiger partial charge in [-0.05, 0) is 131 Å². The summed E-state index contributed by atoms with van der Waals surface area (Å²) < 4.78 is 0. The highest BCUT2D eigenvalue weighted by atomic mass is 16.3. The smallest absolute Gasteiger partial charge is 0.130 e. The molecule has 0 saturated carbocycles. The molecule has 4 aliphatic rings. The molecule has 0 radical (unpaired) electrons. The van der Waals surface area contributed by atoms with Crippen molar-refractivity contribution < 1.29 is 5.11 Å². The Labute approximate surface area is 271 Å². The van der Waals surface area contributed by atoms with Gasteiger partial charge in [0.2, 0.25) is 0 Å². The quantitative estimate of drug-likeness (QED) is 0.326. The van der Waals surface area contributed by atoms with E-state index in [9.17, 15) is 5.11 Å². The lowest BCUT2D eigenvalue weighted by atomic mass is 9.97. The zero-order valence-corrected chi connectivity index (χ0v) is 27.7. The molecule has 0 fully saturated rings. The van der Waals surface area contributed by atoms with Crippen LogP contribution in [0.15, 0.2) is 110 Å². The molecule has 2 aromatic carbocycles. The van der Waals surface area contributed by atoms with E-state index in [2.05, 4.69) is 89.0 Å². The molecule has 4 heterocycles. The van der Waals surface area contributed by atoms with E-state index in [1.54, 1.807) is 0 Å². The fourth-order valence-corrected chi connectivity index (χ4v) is 7.41. The van der Waals surface area contributed by atoms with Crippen LogP contribution in [0.5, 0.6) is 0 Å². The van der Waals surface area contributed by atoms with Crippen LogP contribution in [0.2, 0.25) is 0 Å². The van der Waals surface area contributed by atoms with Crippen LogP contribution in [0, 0.1) is 6.92 Å². The van der Waals surface area contributed by atoms with Gasteiger partial charge >= 0.3 is 0 Å². The van der Waals surface area contributed by atoms with Crippen molar-refractivity contribution in [3.8, 4) is 0 Å². The number of aliphatic hydroxyl groups is 1. The average Bonchev–Trinajstić information content (AvgIpc) is 3.77. The third-order valence-electron chi connectivity index (χ3n) is 9.90. The van der Waals surface area contributed by atoms with E-state index in [-0.39, 0.29) is 5.76 Å². The molecule has 1 aromatic heterocycles. The van der Waals surface area contributed by atoms with Gasteiger partial charge < -0.3 is 10.1 Å². The Balaban J connectivity index is 1.56. The first-order chi connectivity index (χ1) is 22.3. The Hall–Kier alpha value is -4.96. The van der Waals surface area contributed by atoms with Crippen LogP contribution in [0.1, 0.15) is 76.1 Å². The minimum atomic E-state index is 0.278. The number of aromatic nitrogens is 1. The van der Waals surface area contributed by atoms with Crippen molar-refractivity contribution in [2.45, 2.75) is 67.2 Å². The minimum absolute atomic E-state index is 0.278. The number of aromatic amines is 1. The lowest BCUT2D eigenvalue weighted by molar-refractivity contribution is 0.507. The van der Waals surface area contributed by atoms with Crippen molar-refractivity contribution in [3.05, 3.63) is 144 Å². The van der Waals surface area contributed by atoms with Gasteiger partial charge in [0.15, 0.2) is 0 Å². The molecule has 2 N–H and O–H groups in total. The summed E-state index contributed by atoms with van der Waals surface area (Å²) in [6.45, 7) is 13.3. The van der Waals surface area contributed by atoms with Crippen LogP contribution >= 0.6 is 0 Å². The molecular weight excluding hydrogens is 562 g/mol. The van der Waals surface area contributed by atoms with Crippen molar-refractivity contribution in [1.29, 1.82) is 0 Å². The topological polar surface area (TPSA) is 60.7 Å². The number of allylic oxidation sites excluding steroid dienone is 8. The van der Waals surface area contributed by atoms with Crippen molar-refractivity contribution >= 4 is 40.5 Å². The summed E-state index contributed by atoms with van der Waals surface area (Å²) in [6.07, 6.45) is 14.9. The average molecular weight is 604 g/mol. The first kappa shape index (κ1) is 29.7. The number of nitrogens with zero attached hydrogens (tertiary/aromatic N) is 2. The third kappa shape index (κ3) is 4.84. The number of benzene rings is 2. The van der Waals surface area contributed by atoms with E-state index in [0.29, 0.717) is 0 Å². The van der Waals surface area contributed by atoms with Crippen LogP contribution in [-0.2, 0) is 6.42 Å². The Morgan fingerprint density at radius 1 is 0.696 bits per heavy atom. The van der Waals surface area contributed by atoms with Crippen molar-refractivity contribution in [2.24, 2.45) is 9.98 Å². The number of aliphatic hydroxyl groups excluding tert-OH is 1. The second-order valence-electron chi connectivity index (χ2n) is 12.4. The molecule has 0 unspecified atom stereocenters. The van der Waals surface area contributed by atoms with Crippen molar-refractivity contribution in [1.82, 2.24) is 4.98 Å². The molecule has 0 atom stereocenters. The summed E-state index contributed by atoms with van der Waals surface area (Å²) in [6, 6.07) is 16.1. The highest BCUT2D eigenvalue weighted by Crippen LogP contribution is 2.35. The number of fused-ring (bicyclic) bond motifs is 7. The van der Waals surface area contributed by atoms with Crippen LogP contribution < -0.4 is 21.1 Å².